The lowest BCUT2D eigenvalue weighted by molar-refractivity contribution is -0.143. The maximum Gasteiger partial charge on any atom is 0.433 e. The fourth-order valence-electron chi connectivity index (χ4n) is 1.78. The topological polar surface area (TPSA) is 56.1 Å². The standard InChI is InChI=1S/C13H12F3N3O2/c1-19-11(13(14,15)16)7-9(18-19)12(20)17-8-5-3-4-6-10(8)21-2/h3-7H,1-2H3,(H,17,20). The molecule has 5 nitrogen and oxygen atoms in total. The van der Waals surface area contributed by atoms with Crippen LogP contribution in [0.15, 0.2) is 30.3 Å². The van der Waals surface area contributed by atoms with E-state index in [2.05, 4.69) is 10.4 Å². The molecule has 0 spiro atoms. The van der Waals surface area contributed by atoms with Gasteiger partial charge in [0.2, 0.25) is 0 Å². The van der Waals surface area contributed by atoms with E-state index in [1.165, 1.54) is 7.11 Å². The van der Waals surface area contributed by atoms with Crippen LogP contribution < -0.4 is 10.1 Å². The maximum absolute atomic E-state index is 12.7. The Kier molecular flexibility index (Phi) is 3.88. The second kappa shape index (κ2) is 5.47. The van der Waals surface area contributed by atoms with Crippen LogP contribution in [0.2, 0.25) is 0 Å². The number of hydrogen-bond acceptors (Lipinski definition) is 3. The molecule has 1 aromatic carbocycles. The molecule has 1 heterocycles. The molecule has 0 aliphatic rings. The number of rotatable bonds is 3. The minimum atomic E-state index is -4.56. The number of anilines is 1. The van der Waals surface area contributed by atoms with Gasteiger partial charge in [0.15, 0.2) is 5.69 Å². The molecule has 1 amide bonds. The summed E-state index contributed by atoms with van der Waals surface area (Å²) >= 11 is 0. The number of alkyl halides is 3. The molecular formula is C13H12F3N3O2. The van der Waals surface area contributed by atoms with Crippen molar-refractivity contribution in [3.8, 4) is 5.75 Å². The van der Waals surface area contributed by atoms with E-state index in [0.29, 0.717) is 22.2 Å². The fraction of sp³-hybridized carbons (Fsp3) is 0.231. The summed E-state index contributed by atoms with van der Waals surface area (Å²) in [7, 11) is 2.55. The first-order valence-corrected chi connectivity index (χ1v) is 5.88. The Morgan fingerprint density at radius 3 is 2.57 bits per heavy atom. The predicted molar refractivity (Wildman–Crippen MR) is 69.2 cm³/mol. The third-order valence-corrected chi connectivity index (χ3v) is 2.76. The van der Waals surface area contributed by atoms with Crippen molar-refractivity contribution in [2.75, 3.05) is 12.4 Å². The summed E-state index contributed by atoms with van der Waals surface area (Å²) in [6.45, 7) is 0. The number of ether oxygens (including phenoxy) is 1. The number of carbonyl (C=O) groups excluding carboxylic acids is 1. The molecule has 0 aliphatic carbocycles. The van der Waals surface area contributed by atoms with Gasteiger partial charge in [-0.25, -0.2) is 0 Å². The van der Waals surface area contributed by atoms with E-state index in [1.54, 1.807) is 24.3 Å². The van der Waals surface area contributed by atoms with Crippen molar-refractivity contribution in [3.63, 3.8) is 0 Å². The van der Waals surface area contributed by atoms with Crippen molar-refractivity contribution in [1.29, 1.82) is 0 Å². The maximum atomic E-state index is 12.7. The van der Waals surface area contributed by atoms with Crippen LogP contribution in [-0.2, 0) is 13.2 Å². The molecule has 2 rings (SSSR count). The molecule has 0 saturated heterocycles. The third-order valence-electron chi connectivity index (χ3n) is 2.76. The summed E-state index contributed by atoms with van der Waals surface area (Å²) in [6.07, 6.45) is -4.56. The number of carbonyl (C=O) groups is 1. The first kappa shape index (κ1) is 14.9. The van der Waals surface area contributed by atoms with Crippen molar-refractivity contribution in [3.05, 3.63) is 41.7 Å². The number of nitrogens with one attached hydrogen (secondary N) is 1. The Bertz CT molecular complexity index is 665. The number of nitrogens with zero attached hydrogens (tertiary/aromatic N) is 2. The lowest BCUT2D eigenvalue weighted by Gasteiger charge is -2.08. The summed E-state index contributed by atoms with van der Waals surface area (Å²) in [5.74, 6) is -0.344. The normalized spacial score (nSPS) is 11.3. The second-order valence-corrected chi connectivity index (χ2v) is 4.19. The number of para-hydroxylation sites is 2. The van der Waals surface area contributed by atoms with Gasteiger partial charge in [-0.2, -0.15) is 18.3 Å². The Morgan fingerprint density at radius 1 is 1.33 bits per heavy atom. The molecule has 0 atom stereocenters. The van der Waals surface area contributed by atoms with Gasteiger partial charge in [-0.15, -0.1) is 0 Å². The van der Waals surface area contributed by atoms with Crippen molar-refractivity contribution in [1.82, 2.24) is 9.78 Å². The van der Waals surface area contributed by atoms with Crippen LogP contribution in [0.1, 0.15) is 16.2 Å². The highest BCUT2D eigenvalue weighted by Crippen LogP contribution is 2.29. The molecule has 8 heteroatoms. The van der Waals surface area contributed by atoms with E-state index in [1.807, 2.05) is 0 Å². The Labute approximate surface area is 118 Å². The molecule has 1 N–H and O–H groups in total. The SMILES string of the molecule is COc1ccccc1NC(=O)c1cc(C(F)(F)F)n(C)n1. The number of methoxy groups -OCH3 is 1. The first-order valence-electron chi connectivity index (χ1n) is 5.88. The van der Waals surface area contributed by atoms with Crippen LogP contribution in [0, 0.1) is 0 Å². The molecule has 0 radical (unpaired) electrons. The Morgan fingerprint density at radius 2 is 2.00 bits per heavy atom. The van der Waals surface area contributed by atoms with Crippen LogP contribution in [0.3, 0.4) is 0 Å². The smallest absolute Gasteiger partial charge is 0.433 e. The van der Waals surface area contributed by atoms with Gasteiger partial charge in [0.1, 0.15) is 11.4 Å². The number of aryl methyl sites for hydroxylation is 1. The van der Waals surface area contributed by atoms with Gasteiger partial charge in [-0.3, -0.25) is 9.48 Å². The molecular weight excluding hydrogens is 287 g/mol. The predicted octanol–water partition coefficient (Wildman–Crippen LogP) is 2.70. The zero-order valence-corrected chi connectivity index (χ0v) is 11.2. The highest BCUT2D eigenvalue weighted by atomic mass is 19.4. The largest absolute Gasteiger partial charge is 0.495 e. The summed E-state index contributed by atoms with van der Waals surface area (Å²) in [6, 6.07) is 7.26. The van der Waals surface area contributed by atoms with E-state index in [9.17, 15) is 18.0 Å². The van der Waals surface area contributed by atoms with Gasteiger partial charge < -0.3 is 10.1 Å². The van der Waals surface area contributed by atoms with Crippen LogP contribution in [0.5, 0.6) is 5.75 Å². The summed E-state index contributed by atoms with van der Waals surface area (Å²) in [5.41, 5.74) is -0.965. The Hall–Kier alpha value is -2.51. The number of hydrogen-bond donors (Lipinski definition) is 1. The monoisotopic (exact) mass is 299 g/mol. The molecule has 2 aromatic rings. The van der Waals surface area contributed by atoms with Crippen LogP contribution in [0.25, 0.3) is 0 Å². The van der Waals surface area contributed by atoms with Crippen LogP contribution in [0.4, 0.5) is 18.9 Å². The van der Waals surface area contributed by atoms with Crippen molar-refractivity contribution >= 4 is 11.6 Å². The van der Waals surface area contributed by atoms with E-state index in [-0.39, 0.29) is 5.69 Å². The molecule has 0 unspecified atom stereocenters. The second-order valence-electron chi connectivity index (χ2n) is 4.19. The first-order chi connectivity index (χ1) is 9.82. The fourth-order valence-corrected chi connectivity index (χ4v) is 1.78. The van der Waals surface area contributed by atoms with Crippen LogP contribution in [-0.4, -0.2) is 22.8 Å². The zero-order chi connectivity index (χ0) is 15.6. The van der Waals surface area contributed by atoms with Gasteiger partial charge in [-0.1, -0.05) is 12.1 Å². The molecule has 0 saturated carbocycles. The molecule has 21 heavy (non-hydrogen) atoms. The molecule has 112 valence electrons. The van der Waals surface area contributed by atoms with Crippen LogP contribution >= 0.6 is 0 Å². The van der Waals surface area contributed by atoms with Gasteiger partial charge in [0, 0.05) is 13.1 Å². The van der Waals surface area contributed by atoms with E-state index < -0.39 is 17.8 Å². The van der Waals surface area contributed by atoms with Crippen molar-refractivity contribution in [2.24, 2.45) is 7.05 Å². The third kappa shape index (κ3) is 3.15. The zero-order valence-electron chi connectivity index (χ0n) is 11.2. The van der Waals surface area contributed by atoms with Crippen molar-refractivity contribution in [2.45, 2.75) is 6.18 Å². The average Bonchev–Trinajstić information content (AvgIpc) is 2.81. The lowest BCUT2D eigenvalue weighted by atomic mass is 10.2. The Balaban J connectivity index is 2.25. The minimum Gasteiger partial charge on any atom is -0.495 e. The quantitative estimate of drug-likeness (QED) is 0.948. The summed E-state index contributed by atoms with van der Waals surface area (Å²) in [4.78, 5) is 12.0. The summed E-state index contributed by atoms with van der Waals surface area (Å²) < 4.78 is 43.6. The molecule has 0 fully saturated rings. The number of aromatic nitrogens is 2. The average molecular weight is 299 g/mol. The molecule has 0 aliphatic heterocycles. The van der Waals surface area contributed by atoms with Gasteiger partial charge in [0.05, 0.1) is 12.8 Å². The van der Waals surface area contributed by atoms with E-state index >= 15 is 0 Å². The molecule has 1 aromatic heterocycles. The number of halogens is 3. The highest BCUT2D eigenvalue weighted by molar-refractivity contribution is 6.03. The van der Waals surface area contributed by atoms with Gasteiger partial charge >= 0.3 is 6.18 Å². The molecule has 0 bridgehead atoms. The van der Waals surface area contributed by atoms with Crippen molar-refractivity contribution < 1.29 is 22.7 Å². The number of amides is 1. The highest BCUT2D eigenvalue weighted by Gasteiger charge is 2.35. The van der Waals surface area contributed by atoms with E-state index in [4.69, 9.17) is 4.74 Å². The lowest BCUT2D eigenvalue weighted by Crippen LogP contribution is -2.13. The number of benzene rings is 1. The van der Waals surface area contributed by atoms with E-state index in [0.717, 1.165) is 7.05 Å². The summed E-state index contributed by atoms with van der Waals surface area (Å²) in [5, 5.41) is 6.04. The van der Waals surface area contributed by atoms with Gasteiger partial charge in [0.25, 0.3) is 5.91 Å². The minimum absolute atomic E-state index is 0.323. The van der Waals surface area contributed by atoms with Gasteiger partial charge in [-0.05, 0) is 12.1 Å².